The van der Waals surface area contributed by atoms with E-state index in [0.29, 0.717) is 19.3 Å². The maximum absolute atomic E-state index is 13.9. The summed E-state index contributed by atoms with van der Waals surface area (Å²) in [4.78, 5) is 77.9. The molecule has 6 N–H and O–H groups in total. The second kappa shape index (κ2) is 14.8. The number of benzene rings is 2. The van der Waals surface area contributed by atoms with Gasteiger partial charge in [0.05, 0.1) is 42.0 Å². The molecule has 282 valence electrons. The molecule has 6 rings (SSSR count). The number of aliphatic hydroxyl groups is 3. The lowest BCUT2D eigenvalue weighted by Gasteiger charge is -2.43. The number of ketones is 3. The second-order valence-electron chi connectivity index (χ2n) is 13.6. The molecule has 2 heterocycles. The summed E-state index contributed by atoms with van der Waals surface area (Å²) in [7, 11) is 1.30. The van der Waals surface area contributed by atoms with E-state index >= 15 is 0 Å². The standard InChI is InChI=1S/C37H40N2O14/c1-17-32(45)20(38-24(42)9-4-3-5-12-39-25(43)10-11-26(39)44)13-27(52-17)53-22-15-37(50,23(41)16-40)14-19-29(22)36(49)31-30(34(19)47)33(46)18-7-6-8-21(51-2)28(18)35(31)48/h6-8,10-11,17,20,22,27,32,40,45,47,49-50H,3-5,9,12-16H2,1-2H3,(H,38,42)/t17-,20-,22-,27?,32+,37-/m0/s1. The summed E-state index contributed by atoms with van der Waals surface area (Å²) >= 11 is 0. The number of carbonyl (C=O) groups excluding carboxylic acids is 6. The Labute approximate surface area is 302 Å². The fourth-order valence-corrected chi connectivity index (χ4v) is 7.52. The third-order valence-electron chi connectivity index (χ3n) is 10.3. The van der Waals surface area contributed by atoms with Crippen molar-refractivity contribution < 1.29 is 68.5 Å². The van der Waals surface area contributed by atoms with Crippen LogP contribution in [0.3, 0.4) is 0 Å². The number of carbonyl (C=O) groups is 6. The highest BCUT2D eigenvalue weighted by atomic mass is 16.7. The number of ether oxygens (including phenoxy) is 3. The molecule has 16 heteroatoms. The van der Waals surface area contributed by atoms with Gasteiger partial charge in [0.15, 0.2) is 17.9 Å². The first-order valence-electron chi connectivity index (χ1n) is 17.3. The van der Waals surface area contributed by atoms with Crippen molar-refractivity contribution >= 4 is 35.1 Å². The maximum atomic E-state index is 13.9. The van der Waals surface area contributed by atoms with E-state index < -0.39 is 102 Å². The van der Waals surface area contributed by atoms with Crippen molar-refractivity contribution in [3.05, 3.63) is 63.7 Å². The van der Waals surface area contributed by atoms with Crippen LogP contribution in [-0.4, -0.2) is 116 Å². The number of fused-ring (bicyclic) bond motifs is 3. The third kappa shape index (κ3) is 6.84. The van der Waals surface area contributed by atoms with E-state index in [0.717, 1.165) is 4.90 Å². The number of aromatic hydroxyl groups is 2. The van der Waals surface area contributed by atoms with E-state index in [1.54, 1.807) is 0 Å². The summed E-state index contributed by atoms with van der Waals surface area (Å²) in [5.41, 5.74) is -4.06. The maximum Gasteiger partial charge on any atom is 0.253 e. The van der Waals surface area contributed by atoms with Crippen LogP contribution in [0.4, 0.5) is 0 Å². The molecule has 0 aromatic heterocycles. The van der Waals surface area contributed by atoms with Gasteiger partial charge in [-0.3, -0.25) is 33.7 Å². The number of Topliss-reactive ketones (excluding diaryl/α,β-unsaturated/α-hetero) is 1. The lowest BCUT2D eigenvalue weighted by molar-refractivity contribution is -0.249. The molecule has 2 aromatic rings. The number of nitrogens with one attached hydrogen (secondary N) is 1. The molecule has 0 bridgehead atoms. The largest absolute Gasteiger partial charge is 0.507 e. The molecule has 53 heavy (non-hydrogen) atoms. The Balaban J connectivity index is 1.23. The minimum absolute atomic E-state index is 0.0580. The van der Waals surface area contributed by atoms with Crippen molar-refractivity contribution in [3.8, 4) is 17.2 Å². The third-order valence-corrected chi connectivity index (χ3v) is 10.3. The lowest BCUT2D eigenvalue weighted by Crippen LogP contribution is -2.55. The zero-order chi connectivity index (χ0) is 38.4. The van der Waals surface area contributed by atoms with Crippen LogP contribution >= 0.6 is 0 Å². The number of phenols is 2. The van der Waals surface area contributed by atoms with Gasteiger partial charge in [-0.25, -0.2) is 0 Å². The molecule has 1 unspecified atom stereocenters. The van der Waals surface area contributed by atoms with E-state index in [2.05, 4.69) is 5.32 Å². The first-order valence-corrected chi connectivity index (χ1v) is 17.3. The molecule has 0 radical (unpaired) electrons. The summed E-state index contributed by atoms with van der Waals surface area (Å²) in [6.45, 7) is 0.682. The van der Waals surface area contributed by atoms with Crippen molar-refractivity contribution in [2.24, 2.45) is 0 Å². The molecule has 2 aromatic carbocycles. The molecule has 2 aliphatic heterocycles. The van der Waals surface area contributed by atoms with Crippen LogP contribution in [0.5, 0.6) is 17.2 Å². The Morgan fingerprint density at radius 3 is 2.38 bits per heavy atom. The quantitative estimate of drug-likeness (QED) is 0.0849. The predicted octanol–water partition coefficient (Wildman–Crippen LogP) is 0.644. The smallest absolute Gasteiger partial charge is 0.253 e. The molecule has 16 nitrogen and oxygen atoms in total. The molecular weight excluding hydrogens is 696 g/mol. The molecule has 4 aliphatic rings. The number of hydrogen-bond donors (Lipinski definition) is 6. The number of amides is 3. The predicted molar refractivity (Wildman–Crippen MR) is 180 cm³/mol. The highest BCUT2D eigenvalue weighted by Crippen LogP contribution is 2.52. The highest BCUT2D eigenvalue weighted by Gasteiger charge is 2.50. The topological polar surface area (TPSA) is 247 Å². The van der Waals surface area contributed by atoms with Gasteiger partial charge in [-0.1, -0.05) is 18.6 Å². The Hall–Kier alpha value is -5.00. The first-order chi connectivity index (χ1) is 25.2. The van der Waals surface area contributed by atoms with Gasteiger partial charge in [0.1, 0.15) is 35.6 Å². The van der Waals surface area contributed by atoms with Crippen LogP contribution in [0, 0.1) is 0 Å². The van der Waals surface area contributed by atoms with E-state index in [9.17, 15) is 54.3 Å². The molecule has 0 saturated carbocycles. The molecule has 6 atom stereocenters. The summed E-state index contributed by atoms with van der Waals surface area (Å²) in [5.74, 6) is -5.24. The Kier molecular flexibility index (Phi) is 10.5. The minimum atomic E-state index is -2.34. The van der Waals surface area contributed by atoms with Crippen molar-refractivity contribution in [2.45, 2.75) is 88.1 Å². The number of phenolic OH excluding ortho intramolecular Hbond substituents is 2. The molecule has 3 amide bonds. The number of aliphatic hydroxyl groups excluding tert-OH is 2. The van der Waals surface area contributed by atoms with E-state index in [-0.39, 0.29) is 59.2 Å². The van der Waals surface area contributed by atoms with Gasteiger partial charge in [-0.15, -0.1) is 0 Å². The van der Waals surface area contributed by atoms with Gasteiger partial charge < -0.3 is 45.1 Å². The van der Waals surface area contributed by atoms with E-state index in [1.807, 2.05) is 0 Å². The monoisotopic (exact) mass is 736 g/mol. The van der Waals surface area contributed by atoms with Crippen LogP contribution in [-0.2, 0) is 35.1 Å². The van der Waals surface area contributed by atoms with Crippen LogP contribution in [0.1, 0.15) is 94.5 Å². The van der Waals surface area contributed by atoms with Crippen LogP contribution in [0.15, 0.2) is 30.4 Å². The van der Waals surface area contributed by atoms with E-state index in [4.69, 9.17) is 14.2 Å². The van der Waals surface area contributed by atoms with Crippen LogP contribution in [0.25, 0.3) is 0 Å². The number of hydrogen-bond acceptors (Lipinski definition) is 14. The van der Waals surface area contributed by atoms with E-state index in [1.165, 1.54) is 44.4 Å². The summed E-state index contributed by atoms with van der Waals surface area (Å²) < 4.78 is 17.4. The number of nitrogens with zero attached hydrogens (tertiary/aromatic N) is 1. The number of methoxy groups -OCH3 is 1. The number of rotatable bonds is 12. The Bertz CT molecular complexity index is 1900. The fourth-order valence-electron chi connectivity index (χ4n) is 7.52. The highest BCUT2D eigenvalue weighted by molar-refractivity contribution is 6.31. The molecule has 2 aliphatic carbocycles. The first kappa shape index (κ1) is 37.7. The van der Waals surface area contributed by atoms with Gasteiger partial charge in [0, 0.05) is 61.1 Å². The average molecular weight is 737 g/mol. The summed E-state index contributed by atoms with van der Waals surface area (Å²) in [6.07, 6.45) is -2.15. The number of imide groups is 1. The van der Waals surface area contributed by atoms with Crippen molar-refractivity contribution in [3.63, 3.8) is 0 Å². The molecule has 1 fully saturated rings. The zero-order valence-corrected chi connectivity index (χ0v) is 29.0. The average Bonchev–Trinajstić information content (AvgIpc) is 3.45. The van der Waals surface area contributed by atoms with Gasteiger partial charge in [0.25, 0.3) is 11.8 Å². The van der Waals surface area contributed by atoms with Crippen molar-refractivity contribution in [2.75, 3.05) is 20.3 Å². The molecular formula is C37H40N2O14. The van der Waals surface area contributed by atoms with Crippen LogP contribution < -0.4 is 10.1 Å². The van der Waals surface area contributed by atoms with Gasteiger partial charge >= 0.3 is 0 Å². The fraction of sp³-hybridized carbons (Fsp3) is 0.459. The number of unbranched alkanes of at least 4 members (excludes halogenated alkanes) is 2. The second-order valence-corrected chi connectivity index (χ2v) is 13.6. The van der Waals surface area contributed by atoms with Gasteiger partial charge in [-0.05, 0) is 25.8 Å². The van der Waals surface area contributed by atoms with Gasteiger partial charge in [-0.2, -0.15) is 0 Å². The minimum Gasteiger partial charge on any atom is -0.507 e. The Morgan fingerprint density at radius 2 is 1.70 bits per heavy atom. The Morgan fingerprint density at radius 1 is 1.00 bits per heavy atom. The molecule has 0 spiro atoms. The molecule has 1 saturated heterocycles. The normalized spacial score (nSPS) is 26.3. The SMILES string of the molecule is COc1cccc2c1C(=O)c1c(O)c3c(c(O)c1C2=O)C[C@@](O)(C(=O)CO)C[C@@H]3OC1C[C@H](NC(=O)CCCCCN2C(=O)C=CC2=O)[C@H](O)[C@H](C)O1. The summed E-state index contributed by atoms with van der Waals surface area (Å²) in [5, 5.41) is 58.1. The summed E-state index contributed by atoms with van der Waals surface area (Å²) in [6, 6.07) is 3.41. The zero-order valence-electron chi connectivity index (χ0n) is 29.0. The lowest BCUT2D eigenvalue weighted by atomic mass is 9.72. The van der Waals surface area contributed by atoms with Crippen molar-refractivity contribution in [1.29, 1.82) is 0 Å². The van der Waals surface area contributed by atoms with Gasteiger partial charge in [0.2, 0.25) is 11.7 Å². The van der Waals surface area contributed by atoms with Crippen LogP contribution in [0.2, 0.25) is 0 Å². The van der Waals surface area contributed by atoms with Crippen molar-refractivity contribution in [1.82, 2.24) is 10.2 Å².